The largest absolute Gasteiger partial charge is 0.481 e. The van der Waals surface area contributed by atoms with Crippen LogP contribution in [0.2, 0.25) is 0 Å². The number of carbonyl (C=O) groups is 2. The third-order valence-corrected chi connectivity index (χ3v) is 4.06. The van der Waals surface area contributed by atoms with Gasteiger partial charge in [0, 0.05) is 16.5 Å². The summed E-state index contributed by atoms with van der Waals surface area (Å²) in [7, 11) is 0. The van der Waals surface area contributed by atoms with Gasteiger partial charge in [-0.05, 0) is 37.3 Å². The van der Waals surface area contributed by atoms with Gasteiger partial charge >= 0.3 is 5.97 Å². The molecule has 0 bridgehead atoms. The van der Waals surface area contributed by atoms with Crippen LogP contribution in [0.25, 0.3) is 0 Å². The number of carboxylic acids is 1. The van der Waals surface area contributed by atoms with Crippen molar-refractivity contribution < 1.29 is 14.7 Å². The van der Waals surface area contributed by atoms with Crippen LogP contribution in [-0.2, 0) is 4.79 Å². The van der Waals surface area contributed by atoms with Crippen LogP contribution in [0.4, 0.5) is 0 Å². The van der Waals surface area contributed by atoms with E-state index < -0.39 is 5.97 Å². The van der Waals surface area contributed by atoms with Gasteiger partial charge in [-0.25, -0.2) is 0 Å². The molecule has 0 spiro atoms. The maximum absolute atomic E-state index is 12.0. The Labute approximate surface area is 114 Å². The molecule has 2 rings (SSSR count). The van der Waals surface area contributed by atoms with Crippen molar-refractivity contribution in [2.24, 2.45) is 11.8 Å². The van der Waals surface area contributed by atoms with Gasteiger partial charge in [0.2, 0.25) is 0 Å². The molecular formula is C14H15BrO3. The number of benzene rings is 1. The Morgan fingerprint density at radius 1 is 1.22 bits per heavy atom. The molecule has 0 aliphatic heterocycles. The third kappa shape index (κ3) is 3.19. The number of carbonyl (C=O) groups excluding carboxylic acids is 1. The summed E-state index contributed by atoms with van der Waals surface area (Å²) in [5.74, 6) is -0.651. The number of ketones is 1. The molecule has 18 heavy (non-hydrogen) atoms. The Balaban J connectivity index is 1.92. The number of rotatable bonds is 4. The van der Waals surface area contributed by atoms with Crippen LogP contribution in [0, 0.1) is 11.8 Å². The van der Waals surface area contributed by atoms with Crippen LogP contribution >= 0.6 is 15.9 Å². The van der Waals surface area contributed by atoms with Crippen LogP contribution in [-0.4, -0.2) is 16.9 Å². The lowest BCUT2D eigenvalue weighted by atomic mass is 9.96. The maximum Gasteiger partial charge on any atom is 0.306 e. The smallest absolute Gasteiger partial charge is 0.306 e. The van der Waals surface area contributed by atoms with Gasteiger partial charge in [0.1, 0.15) is 0 Å². The number of Topliss-reactive ketones (excluding diaryl/α,β-unsaturated/α-hetero) is 1. The third-order valence-electron chi connectivity index (χ3n) is 3.53. The number of hydrogen-bond donors (Lipinski definition) is 1. The zero-order chi connectivity index (χ0) is 13.1. The summed E-state index contributed by atoms with van der Waals surface area (Å²) in [4.78, 5) is 22.9. The highest BCUT2D eigenvalue weighted by Crippen LogP contribution is 2.34. The second kappa shape index (κ2) is 5.65. The van der Waals surface area contributed by atoms with Crippen molar-refractivity contribution in [1.82, 2.24) is 0 Å². The summed E-state index contributed by atoms with van der Waals surface area (Å²) < 4.78 is 0.950. The number of aliphatic carboxylic acids is 1. The Bertz CT molecular complexity index is 453. The normalized spacial score (nSPS) is 22.9. The van der Waals surface area contributed by atoms with Gasteiger partial charge in [-0.15, -0.1) is 0 Å². The van der Waals surface area contributed by atoms with Gasteiger partial charge in [0.25, 0.3) is 0 Å². The fourth-order valence-corrected chi connectivity index (χ4v) is 2.76. The first-order valence-electron chi connectivity index (χ1n) is 6.08. The lowest BCUT2D eigenvalue weighted by Crippen LogP contribution is -2.11. The average molecular weight is 311 g/mol. The van der Waals surface area contributed by atoms with Crippen molar-refractivity contribution in [3.8, 4) is 0 Å². The van der Waals surface area contributed by atoms with Crippen LogP contribution in [0.15, 0.2) is 28.7 Å². The van der Waals surface area contributed by atoms with E-state index in [4.69, 9.17) is 5.11 Å². The molecule has 1 aliphatic carbocycles. The minimum Gasteiger partial charge on any atom is -0.481 e. The topological polar surface area (TPSA) is 54.4 Å². The first kappa shape index (κ1) is 13.3. The highest BCUT2D eigenvalue weighted by Gasteiger charge is 2.30. The fourth-order valence-electron chi connectivity index (χ4n) is 2.50. The Kier molecular flexibility index (Phi) is 4.17. The maximum atomic E-state index is 12.0. The van der Waals surface area contributed by atoms with Crippen molar-refractivity contribution in [3.63, 3.8) is 0 Å². The van der Waals surface area contributed by atoms with Crippen molar-refractivity contribution in [2.45, 2.75) is 25.7 Å². The zero-order valence-corrected chi connectivity index (χ0v) is 11.5. The molecule has 2 atom stereocenters. The summed E-state index contributed by atoms with van der Waals surface area (Å²) in [5.41, 5.74) is 0.706. The molecule has 96 valence electrons. The van der Waals surface area contributed by atoms with E-state index in [0.717, 1.165) is 10.9 Å². The van der Waals surface area contributed by atoms with E-state index >= 15 is 0 Å². The van der Waals surface area contributed by atoms with Gasteiger partial charge in [-0.3, -0.25) is 9.59 Å². The zero-order valence-electron chi connectivity index (χ0n) is 9.93. The van der Waals surface area contributed by atoms with E-state index in [9.17, 15) is 9.59 Å². The summed E-state index contributed by atoms with van der Waals surface area (Å²) in [6.07, 6.45) is 2.65. The van der Waals surface area contributed by atoms with Crippen LogP contribution in [0.1, 0.15) is 36.0 Å². The van der Waals surface area contributed by atoms with E-state index in [-0.39, 0.29) is 17.6 Å². The molecule has 1 aromatic carbocycles. The van der Waals surface area contributed by atoms with E-state index in [2.05, 4.69) is 15.9 Å². The number of halogens is 1. The molecule has 4 heteroatoms. The fraction of sp³-hybridized carbons (Fsp3) is 0.429. The molecular weight excluding hydrogens is 296 g/mol. The quantitative estimate of drug-likeness (QED) is 0.866. The molecule has 3 nitrogen and oxygen atoms in total. The van der Waals surface area contributed by atoms with Crippen LogP contribution < -0.4 is 0 Å². The Morgan fingerprint density at radius 2 is 1.89 bits per heavy atom. The van der Waals surface area contributed by atoms with Gasteiger partial charge in [0.15, 0.2) is 5.78 Å². The molecule has 0 unspecified atom stereocenters. The average Bonchev–Trinajstić information content (AvgIpc) is 2.78. The molecule has 1 saturated carbocycles. The van der Waals surface area contributed by atoms with E-state index in [1.807, 2.05) is 12.1 Å². The standard InChI is InChI=1S/C14H15BrO3/c15-12-5-3-10(4-6-12)13(16)8-9-1-2-11(7-9)14(17)18/h3-6,9,11H,1-2,7-8H2,(H,17,18)/t9-,11+/m1/s1. The lowest BCUT2D eigenvalue weighted by molar-refractivity contribution is -0.141. The molecule has 0 heterocycles. The van der Waals surface area contributed by atoms with Gasteiger partial charge < -0.3 is 5.11 Å². The highest BCUT2D eigenvalue weighted by atomic mass is 79.9. The van der Waals surface area contributed by atoms with E-state index in [1.165, 1.54) is 0 Å². The van der Waals surface area contributed by atoms with Crippen molar-refractivity contribution in [2.75, 3.05) is 0 Å². The SMILES string of the molecule is O=C(C[C@@H]1CC[C@H](C(=O)O)C1)c1ccc(Br)cc1. The molecule has 0 amide bonds. The predicted octanol–water partition coefficient (Wildman–Crippen LogP) is 3.52. The van der Waals surface area contributed by atoms with Gasteiger partial charge in [-0.2, -0.15) is 0 Å². The van der Waals surface area contributed by atoms with Gasteiger partial charge in [-0.1, -0.05) is 28.1 Å². The van der Waals surface area contributed by atoms with Gasteiger partial charge in [0.05, 0.1) is 5.92 Å². The summed E-state index contributed by atoms with van der Waals surface area (Å²) in [6, 6.07) is 7.30. The van der Waals surface area contributed by atoms with Crippen molar-refractivity contribution >= 4 is 27.7 Å². The summed E-state index contributed by atoms with van der Waals surface area (Å²) >= 11 is 3.33. The molecule has 0 radical (unpaired) electrons. The first-order valence-corrected chi connectivity index (χ1v) is 6.87. The summed E-state index contributed by atoms with van der Waals surface area (Å²) in [6.45, 7) is 0. The van der Waals surface area contributed by atoms with E-state index in [0.29, 0.717) is 24.8 Å². The van der Waals surface area contributed by atoms with Crippen molar-refractivity contribution in [3.05, 3.63) is 34.3 Å². The van der Waals surface area contributed by atoms with Crippen molar-refractivity contribution in [1.29, 1.82) is 0 Å². The minimum atomic E-state index is -0.728. The monoisotopic (exact) mass is 310 g/mol. The lowest BCUT2D eigenvalue weighted by Gasteiger charge is -2.08. The van der Waals surface area contributed by atoms with Crippen LogP contribution in [0.5, 0.6) is 0 Å². The molecule has 1 fully saturated rings. The Hall–Kier alpha value is -1.16. The second-order valence-electron chi connectivity index (χ2n) is 4.85. The number of carboxylic acid groups (broad SMARTS) is 1. The molecule has 0 saturated heterocycles. The molecule has 1 aliphatic rings. The van der Waals surface area contributed by atoms with Crippen LogP contribution in [0.3, 0.4) is 0 Å². The summed E-state index contributed by atoms with van der Waals surface area (Å²) in [5, 5.41) is 8.92. The minimum absolute atomic E-state index is 0.110. The molecule has 0 aromatic heterocycles. The Morgan fingerprint density at radius 3 is 2.44 bits per heavy atom. The predicted molar refractivity (Wildman–Crippen MR) is 71.6 cm³/mol. The van der Waals surface area contributed by atoms with E-state index in [1.54, 1.807) is 12.1 Å². The second-order valence-corrected chi connectivity index (χ2v) is 5.76. The first-order chi connectivity index (χ1) is 8.56. The molecule has 1 aromatic rings. The number of hydrogen-bond acceptors (Lipinski definition) is 2. The molecule has 1 N–H and O–H groups in total. The highest BCUT2D eigenvalue weighted by molar-refractivity contribution is 9.10.